The maximum atomic E-state index is 13.3. The number of H-pyrrole nitrogens is 1. The van der Waals surface area contributed by atoms with Gasteiger partial charge in [0.15, 0.2) is 0 Å². The molecule has 0 unspecified atom stereocenters. The average molecular weight is 496 g/mol. The fourth-order valence-corrected chi connectivity index (χ4v) is 4.42. The Labute approximate surface area is 205 Å². The number of benzene rings is 2. The molecule has 1 amide bonds. The van der Waals surface area contributed by atoms with Gasteiger partial charge in [0.05, 0.1) is 5.39 Å². The molecule has 186 valence electrons. The highest BCUT2D eigenvalue weighted by Gasteiger charge is 2.23. The first-order chi connectivity index (χ1) is 17.5. The highest BCUT2D eigenvalue weighted by Crippen LogP contribution is 2.29. The van der Waals surface area contributed by atoms with E-state index >= 15 is 0 Å². The molecule has 0 spiro atoms. The molecule has 1 saturated heterocycles. The Morgan fingerprint density at radius 1 is 1.03 bits per heavy atom. The standard InChI is InChI=1S/C26H24F3N5O2/c27-19-7-5-18(6-8-19)22-15-21-24(32-22)30-16-31-25(21)34-12-10-33(11-13-34)23(35)9-4-17-2-1-3-20(14-17)36-26(28)29/h1-3,5-8,14-16,26H,4,9-13H2,(H,30,31,32). The molecule has 0 aliphatic carbocycles. The monoisotopic (exact) mass is 495 g/mol. The number of piperazine rings is 1. The molecular weight excluding hydrogens is 471 g/mol. The zero-order valence-electron chi connectivity index (χ0n) is 19.3. The van der Waals surface area contributed by atoms with Crippen molar-refractivity contribution in [2.45, 2.75) is 19.5 Å². The molecule has 0 atom stereocenters. The molecule has 36 heavy (non-hydrogen) atoms. The number of anilines is 1. The van der Waals surface area contributed by atoms with E-state index in [-0.39, 0.29) is 23.9 Å². The Morgan fingerprint density at radius 2 is 1.81 bits per heavy atom. The predicted octanol–water partition coefficient (Wildman–Crippen LogP) is 4.65. The van der Waals surface area contributed by atoms with E-state index in [0.717, 1.165) is 28.0 Å². The van der Waals surface area contributed by atoms with Gasteiger partial charge in [0.25, 0.3) is 0 Å². The van der Waals surface area contributed by atoms with Crippen LogP contribution in [0.1, 0.15) is 12.0 Å². The fourth-order valence-electron chi connectivity index (χ4n) is 4.42. The third-order valence-electron chi connectivity index (χ3n) is 6.24. The van der Waals surface area contributed by atoms with Crippen LogP contribution in [0.4, 0.5) is 19.0 Å². The lowest BCUT2D eigenvalue weighted by molar-refractivity contribution is -0.131. The van der Waals surface area contributed by atoms with Crippen molar-refractivity contribution in [3.63, 3.8) is 0 Å². The third kappa shape index (κ3) is 5.27. The summed E-state index contributed by atoms with van der Waals surface area (Å²) >= 11 is 0. The number of aryl methyl sites for hydroxylation is 1. The number of nitrogens with zero attached hydrogens (tertiary/aromatic N) is 4. The molecule has 4 aromatic rings. The van der Waals surface area contributed by atoms with Crippen molar-refractivity contribution < 1.29 is 22.7 Å². The number of carbonyl (C=O) groups excluding carboxylic acids is 1. The lowest BCUT2D eigenvalue weighted by atomic mass is 10.1. The number of aromatic nitrogens is 3. The second-order valence-electron chi connectivity index (χ2n) is 8.54. The Morgan fingerprint density at radius 3 is 2.56 bits per heavy atom. The van der Waals surface area contributed by atoms with Crippen molar-refractivity contribution in [1.82, 2.24) is 19.9 Å². The summed E-state index contributed by atoms with van der Waals surface area (Å²) in [6, 6.07) is 14.6. The Kier molecular flexibility index (Phi) is 6.75. The lowest BCUT2D eigenvalue weighted by Gasteiger charge is -2.35. The lowest BCUT2D eigenvalue weighted by Crippen LogP contribution is -2.49. The van der Waals surface area contributed by atoms with Crippen LogP contribution in [0.2, 0.25) is 0 Å². The van der Waals surface area contributed by atoms with Gasteiger partial charge in [-0.3, -0.25) is 4.79 Å². The van der Waals surface area contributed by atoms with Crippen LogP contribution in [0, 0.1) is 5.82 Å². The third-order valence-corrected chi connectivity index (χ3v) is 6.24. The molecule has 7 nitrogen and oxygen atoms in total. The quantitative estimate of drug-likeness (QED) is 0.404. The van der Waals surface area contributed by atoms with Gasteiger partial charge in [0, 0.05) is 38.3 Å². The topological polar surface area (TPSA) is 74.3 Å². The van der Waals surface area contributed by atoms with Crippen LogP contribution in [-0.4, -0.2) is 58.5 Å². The second-order valence-corrected chi connectivity index (χ2v) is 8.54. The van der Waals surface area contributed by atoms with Gasteiger partial charge in [0.2, 0.25) is 5.91 Å². The summed E-state index contributed by atoms with van der Waals surface area (Å²) in [5.74, 6) is 0.597. The number of carbonyl (C=O) groups is 1. The summed E-state index contributed by atoms with van der Waals surface area (Å²) in [7, 11) is 0. The summed E-state index contributed by atoms with van der Waals surface area (Å²) in [5.41, 5.74) is 3.13. The molecule has 0 radical (unpaired) electrons. The second kappa shape index (κ2) is 10.3. The zero-order chi connectivity index (χ0) is 25.1. The zero-order valence-corrected chi connectivity index (χ0v) is 19.3. The van der Waals surface area contributed by atoms with Crippen molar-refractivity contribution in [2.75, 3.05) is 31.1 Å². The molecule has 1 fully saturated rings. The minimum absolute atomic E-state index is 0.0166. The van der Waals surface area contributed by atoms with Crippen molar-refractivity contribution >= 4 is 22.8 Å². The normalized spacial score (nSPS) is 14.0. The minimum atomic E-state index is -2.88. The van der Waals surface area contributed by atoms with Crippen molar-refractivity contribution in [3.05, 3.63) is 72.3 Å². The number of amides is 1. The number of hydrogen-bond acceptors (Lipinski definition) is 5. The first kappa shape index (κ1) is 23.7. The van der Waals surface area contributed by atoms with Gasteiger partial charge in [-0.1, -0.05) is 12.1 Å². The van der Waals surface area contributed by atoms with E-state index in [9.17, 15) is 18.0 Å². The Balaban J connectivity index is 1.21. The molecule has 10 heteroatoms. The molecule has 1 aliphatic rings. The molecule has 0 saturated carbocycles. The highest BCUT2D eigenvalue weighted by molar-refractivity contribution is 5.92. The summed E-state index contributed by atoms with van der Waals surface area (Å²) < 4.78 is 42.6. The number of aromatic amines is 1. The van der Waals surface area contributed by atoms with Crippen LogP contribution in [0.5, 0.6) is 5.75 Å². The van der Waals surface area contributed by atoms with E-state index < -0.39 is 6.61 Å². The number of alkyl halides is 2. The number of ether oxygens (including phenoxy) is 1. The SMILES string of the molecule is O=C(CCc1cccc(OC(F)F)c1)N1CCN(c2ncnc3[nH]c(-c4ccc(F)cc4)cc23)CC1. The number of nitrogens with one attached hydrogen (secondary N) is 1. The number of fused-ring (bicyclic) bond motifs is 1. The molecular formula is C26H24F3N5O2. The molecule has 3 heterocycles. The average Bonchev–Trinajstić information content (AvgIpc) is 3.32. The Hall–Kier alpha value is -4.08. The van der Waals surface area contributed by atoms with Crippen molar-refractivity contribution in [3.8, 4) is 17.0 Å². The van der Waals surface area contributed by atoms with Crippen LogP contribution in [0.3, 0.4) is 0 Å². The van der Waals surface area contributed by atoms with Gasteiger partial charge in [-0.05, 0) is 60.0 Å². The van der Waals surface area contributed by atoms with Crippen LogP contribution < -0.4 is 9.64 Å². The summed E-state index contributed by atoms with van der Waals surface area (Å²) in [6.45, 7) is -0.545. The summed E-state index contributed by atoms with van der Waals surface area (Å²) in [6.07, 6.45) is 2.24. The Bertz CT molecular complexity index is 1350. The molecule has 2 aromatic carbocycles. The predicted molar refractivity (Wildman–Crippen MR) is 129 cm³/mol. The maximum Gasteiger partial charge on any atom is 0.387 e. The first-order valence-corrected chi connectivity index (χ1v) is 11.6. The van der Waals surface area contributed by atoms with Gasteiger partial charge in [-0.15, -0.1) is 0 Å². The molecule has 2 aromatic heterocycles. The van der Waals surface area contributed by atoms with E-state index in [1.54, 1.807) is 24.3 Å². The van der Waals surface area contributed by atoms with E-state index in [1.165, 1.54) is 30.6 Å². The van der Waals surface area contributed by atoms with Gasteiger partial charge in [-0.2, -0.15) is 8.78 Å². The van der Waals surface area contributed by atoms with Crippen LogP contribution in [-0.2, 0) is 11.2 Å². The number of rotatable bonds is 7. The van der Waals surface area contributed by atoms with Gasteiger partial charge in [-0.25, -0.2) is 14.4 Å². The van der Waals surface area contributed by atoms with Crippen molar-refractivity contribution in [2.24, 2.45) is 0 Å². The van der Waals surface area contributed by atoms with Gasteiger partial charge < -0.3 is 19.5 Å². The smallest absolute Gasteiger partial charge is 0.387 e. The fraction of sp³-hybridized carbons (Fsp3) is 0.269. The molecule has 1 N–H and O–H groups in total. The van der Waals surface area contributed by atoms with Gasteiger partial charge >= 0.3 is 6.61 Å². The molecule has 0 bridgehead atoms. The van der Waals surface area contributed by atoms with E-state index in [0.29, 0.717) is 38.2 Å². The summed E-state index contributed by atoms with van der Waals surface area (Å²) in [5, 5.41) is 0.863. The van der Waals surface area contributed by atoms with Crippen LogP contribution >= 0.6 is 0 Å². The number of hydrogen-bond donors (Lipinski definition) is 1. The summed E-state index contributed by atoms with van der Waals surface area (Å²) in [4.78, 5) is 28.8. The van der Waals surface area contributed by atoms with E-state index in [2.05, 4.69) is 24.6 Å². The largest absolute Gasteiger partial charge is 0.435 e. The van der Waals surface area contributed by atoms with E-state index in [1.807, 2.05) is 11.0 Å². The van der Waals surface area contributed by atoms with Crippen LogP contribution in [0.15, 0.2) is 60.9 Å². The molecule has 1 aliphatic heterocycles. The highest BCUT2D eigenvalue weighted by atomic mass is 19.3. The van der Waals surface area contributed by atoms with E-state index in [4.69, 9.17) is 0 Å². The minimum Gasteiger partial charge on any atom is -0.435 e. The van der Waals surface area contributed by atoms with Gasteiger partial charge in [0.1, 0.15) is 29.4 Å². The van der Waals surface area contributed by atoms with Crippen molar-refractivity contribution in [1.29, 1.82) is 0 Å². The van der Waals surface area contributed by atoms with Crippen LogP contribution in [0.25, 0.3) is 22.3 Å². The maximum absolute atomic E-state index is 13.3. The first-order valence-electron chi connectivity index (χ1n) is 11.6. The number of halogens is 3. The molecule has 5 rings (SSSR count).